The normalized spacial score (nSPS) is 16.3. The van der Waals surface area contributed by atoms with Gasteiger partial charge in [-0.1, -0.05) is 0 Å². The average molecular weight is 348 g/mol. The number of amides is 1. The summed E-state index contributed by atoms with van der Waals surface area (Å²) in [6.45, 7) is 5.76. The van der Waals surface area contributed by atoms with Crippen molar-refractivity contribution in [1.82, 2.24) is 10.6 Å². The Balaban J connectivity index is 3.84. The topological polar surface area (TPSA) is 50.4 Å². The number of ether oxygens (including phenoxy) is 1. The van der Waals surface area contributed by atoms with Crippen LogP contribution in [0, 0.1) is 0 Å². The molecule has 5 heteroatoms. The number of methoxy groups -OCH3 is 1. The first kappa shape index (κ1) is 17.2. The van der Waals surface area contributed by atoms with Gasteiger partial charge in [-0.25, -0.2) is 0 Å². The van der Waals surface area contributed by atoms with Crippen LogP contribution in [0.2, 0.25) is 4.44 Å². The zero-order valence-electron chi connectivity index (χ0n) is 11.4. The Morgan fingerprint density at radius 2 is 1.88 bits per heavy atom. The van der Waals surface area contributed by atoms with Crippen LogP contribution in [0.25, 0.3) is 0 Å². The van der Waals surface area contributed by atoms with Crippen molar-refractivity contribution in [3.63, 3.8) is 0 Å². The van der Waals surface area contributed by atoms with E-state index in [2.05, 4.69) is 17.6 Å². The van der Waals surface area contributed by atoms with Crippen LogP contribution in [-0.4, -0.2) is 53.9 Å². The van der Waals surface area contributed by atoms with E-state index in [-0.39, 0.29) is 18.2 Å². The van der Waals surface area contributed by atoms with Crippen molar-refractivity contribution < 1.29 is 9.53 Å². The molecule has 3 radical (unpaired) electrons. The maximum absolute atomic E-state index is 10.9. The van der Waals surface area contributed by atoms with Crippen molar-refractivity contribution in [2.24, 2.45) is 0 Å². The third-order valence-corrected chi connectivity index (χ3v) is 3.47. The second-order valence-electron chi connectivity index (χ2n) is 4.51. The zero-order valence-corrected chi connectivity index (χ0v) is 14.2. The fourth-order valence-corrected chi connectivity index (χ4v) is 2.94. The van der Waals surface area contributed by atoms with E-state index >= 15 is 0 Å². The number of hydrogen-bond acceptors (Lipinski definition) is 3. The van der Waals surface area contributed by atoms with E-state index in [1.54, 1.807) is 36.6 Å². The summed E-state index contributed by atoms with van der Waals surface area (Å²) in [5.41, 5.74) is 0. The van der Waals surface area contributed by atoms with Crippen LogP contribution in [0.15, 0.2) is 0 Å². The SMILES string of the molecule is COC(CCC(C)NC(C)=O)NC(C)C[CH2][Sn]. The van der Waals surface area contributed by atoms with Gasteiger partial charge in [0, 0.05) is 0 Å². The van der Waals surface area contributed by atoms with Crippen LogP contribution >= 0.6 is 0 Å². The number of hydrogen-bond donors (Lipinski definition) is 2. The van der Waals surface area contributed by atoms with Crippen LogP contribution in [0.4, 0.5) is 0 Å². The summed E-state index contributed by atoms with van der Waals surface area (Å²) in [5.74, 6) is 0.0296. The average Bonchev–Trinajstić information content (AvgIpc) is 2.23. The van der Waals surface area contributed by atoms with Gasteiger partial charge in [0.25, 0.3) is 0 Å². The molecule has 3 unspecified atom stereocenters. The predicted octanol–water partition coefficient (Wildman–Crippen LogP) is 1.22. The summed E-state index contributed by atoms with van der Waals surface area (Å²) in [5, 5.41) is 6.34. The Kier molecular flexibility index (Phi) is 10.3. The Labute approximate surface area is 118 Å². The molecule has 0 aromatic rings. The molecule has 0 aliphatic heterocycles. The summed E-state index contributed by atoms with van der Waals surface area (Å²) in [4.78, 5) is 10.9. The third-order valence-electron chi connectivity index (χ3n) is 2.64. The van der Waals surface area contributed by atoms with Gasteiger partial charge in [-0.05, 0) is 0 Å². The molecule has 0 spiro atoms. The van der Waals surface area contributed by atoms with E-state index < -0.39 is 0 Å². The molecule has 0 fully saturated rings. The minimum absolute atomic E-state index is 0.0296. The molecule has 3 atom stereocenters. The molecule has 0 saturated heterocycles. The summed E-state index contributed by atoms with van der Waals surface area (Å²) in [6.07, 6.45) is 3.12. The van der Waals surface area contributed by atoms with Crippen LogP contribution in [0.5, 0.6) is 0 Å². The molecule has 0 rings (SSSR count). The van der Waals surface area contributed by atoms with Gasteiger partial charge < -0.3 is 0 Å². The second kappa shape index (κ2) is 10.1. The second-order valence-corrected chi connectivity index (χ2v) is 5.94. The first-order chi connectivity index (χ1) is 7.99. The van der Waals surface area contributed by atoms with Crippen LogP contribution in [0.1, 0.15) is 40.0 Å². The van der Waals surface area contributed by atoms with Gasteiger partial charge >= 0.3 is 118 Å². The van der Waals surface area contributed by atoms with Crippen LogP contribution < -0.4 is 10.6 Å². The molecular weight excluding hydrogens is 323 g/mol. The molecular formula is C12H25N2O2Sn. The molecule has 2 N–H and O–H groups in total. The number of carbonyl (C=O) groups excluding carboxylic acids is 1. The van der Waals surface area contributed by atoms with Crippen molar-refractivity contribution in [2.45, 2.75) is 62.8 Å². The summed E-state index contributed by atoms with van der Waals surface area (Å²) in [6, 6.07) is 0.702. The molecule has 99 valence electrons. The quantitative estimate of drug-likeness (QED) is 0.487. The van der Waals surface area contributed by atoms with E-state index in [4.69, 9.17) is 4.74 Å². The first-order valence-corrected chi connectivity index (χ1v) is 8.22. The van der Waals surface area contributed by atoms with E-state index in [1.807, 2.05) is 6.92 Å². The molecule has 0 aromatic heterocycles. The number of carbonyl (C=O) groups is 1. The molecule has 0 aliphatic carbocycles. The Hall–Kier alpha value is 0.189. The van der Waals surface area contributed by atoms with Crippen molar-refractivity contribution in [1.29, 1.82) is 0 Å². The Morgan fingerprint density at radius 3 is 2.35 bits per heavy atom. The first-order valence-electron chi connectivity index (χ1n) is 6.20. The molecule has 4 nitrogen and oxygen atoms in total. The van der Waals surface area contributed by atoms with E-state index in [9.17, 15) is 4.79 Å². The number of nitrogens with one attached hydrogen (secondary N) is 2. The maximum atomic E-state index is 10.9. The van der Waals surface area contributed by atoms with Gasteiger partial charge in [0.15, 0.2) is 0 Å². The third kappa shape index (κ3) is 9.85. The van der Waals surface area contributed by atoms with Crippen LogP contribution in [0.3, 0.4) is 0 Å². The van der Waals surface area contributed by atoms with Crippen molar-refractivity contribution in [2.75, 3.05) is 7.11 Å². The van der Waals surface area contributed by atoms with E-state index in [0.29, 0.717) is 6.04 Å². The molecule has 0 heterocycles. The van der Waals surface area contributed by atoms with Gasteiger partial charge in [-0.15, -0.1) is 0 Å². The standard InChI is InChI=1S/C12H25N2O2.Sn/c1-6-9(2)14-12(16-5)8-7-10(3)13-11(4)15;/h9-10,12,14H,1,6-8H2,2-5H3,(H,13,15);. The van der Waals surface area contributed by atoms with Gasteiger partial charge in [0.2, 0.25) is 0 Å². The predicted molar refractivity (Wildman–Crippen MR) is 71.1 cm³/mol. The Bertz CT molecular complexity index is 215. The number of rotatable bonds is 9. The molecule has 0 aliphatic rings. The fourth-order valence-electron chi connectivity index (χ4n) is 1.71. The fraction of sp³-hybridized carbons (Fsp3) is 0.917. The molecule has 0 bridgehead atoms. The van der Waals surface area contributed by atoms with Gasteiger partial charge in [0.1, 0.15) is 0 Å². The summed E-state index contributed by atoms with van der Waals surface area (Å²) < 4.78 is 6.67. The van der Waals surface area contributed by atoms with Crippen molar-refractivity contribution in [3.05, 3.63) is 0 Å². The van der Waals surface area contributed by atoms with Crippen molar-refractivity contribution >= 4 is 28.4 Å². The van der Waals surface area contributed by atoms with Gasteiger partial charge in [-0.2, -0.15) is 0 Å². The monoisotopic (exact) mass is 349 g/mol. The zero-order chi connectivity index (χ0) is 13.3. The molecule has 17 heavy (non-hydrogen) atoms. The summed E-state index contributed by atoms with van der Waals surface area (Å²) >= 11 is 1.58. The van der Waals surface area contributed by atoms with Gasteiger partial charge in [-0.3, -0.25) is 0 Å². The molecule has 0 saturated carbocycles. The minimum atomic E-state index is 0.0296. The van der Waals surface area contributed by atoms with E-state index in [1.165, 1.54) is 10.9 Å². The van der Waals surface area contributed by atoms with Crippen LogP contribution in [-0.2, 0) is 9.53 Å². The van der Waals surface area contributed by atoms with Gasteiger partial charge in [0.05, 0.1) is 0 Å². The van der Waals surface area contributed by atoms with Crippen molar-refractivity contribution in [3.8, 4) is 0 Å². The van der Waals surface area contributed by atoms with E-state index in [0.717, 1.165) is 12.8 Å². The molecule has 0 aromatic carbocycles. The Morgan fingerprint density at radius 1 is 1.24 bits per heavy atom. The summed E-state index contributed by atoms with van der Waals surface area (Å²) in [7, 11) is 1.73. The molecule has 1 amide bonds.